The number of methoxy groups -OCH3 is 1. The van der Waals surface area contributed by atoms with E-state index in [2.05, 4.69) is 4.74 Å². The average molecular weight is 184 g/mol. The minimum Gasteiger partial charge on any atom is -0.469 e. The highest BCUT2D eigenvalue weighted by Gasteiger charge is 2.28. The Hall–Kier alpha value is -0.860. The molecule has 0 bridgehead atoms. The van der Waals surface area contributed by atoms with Crippen LogP contribution in [0.2, 0.25) is 0 Å². The van der Waals surface area contributed by atoms with E-state index in [-0.39, 0.29) is 11.9 Å². The lowest BCUT2D eigenvalue weighted by Gasteiger charge is -2.24. The standard InChI is InChI=1S/C10H16O3/c1-7(10(12)13-2)8-3-5-9(11)6-4-8/h7-8H,3-6H2,1-2H3/t7-/m0/s1. The lowest BCUT2D eigenvalue weighted by atomic mass is 9.80. The molecule has 1 rings (SSSR count). The predicted molar refractivity (Wildman–Crippen MR) is 48.1 cm³/mol. The van der Waals surface area contributed by atoms with Crippen molar-refractivity contribution >= 4 is 11.8 Å². The molecule has 3 heteroatoms. The fraction of sp³-hybridized carbons (Fsp3) is 0.800. The summed E-state index contributed by atoms with van der Waals surface area (Å²) in [6.07, 6.45) is 2.95. The molecule has 1 aliphatic rings. The summed E-state index contributed by atoms with van der Waals surface area (Å²) in [5, 5.41) is 0. The maximum absolute atomic E-state index is 11.2. The molecule has 0 aliphatic heterocycles. The Morgan fingerprint density at radius 2 is 2.00 bits per heavy atom. The number of esters is 1. The molecule has 0 radical (unpaired) electrons. The molecule has 0 spiro atoms. The molecule has 0 unspecified atom stereocenters. The molecule has 0 aromatic carbocycles. The van der Waals surface area contributed by atoms with Crippen molar-refractivity contribution in [3.8, 4) is 0 Å². The number of carbonyl (C=O) groups excluding carboxylic acids is 2. The monoisotopic (exact) mass is 184 g/mol. The van der Waals surface area contributed by atoms with E-state index in [4.69, 9.17) is 0 Å². The zero-order valence-electron chi connectivity index (χ0n) is 8.21. The molecule has 0 aromatic rings. The summed E-state index contributed by atoms with van der Waals surface area (Å²) in [6.45, 7) is 1.88. The van der Waals surface area contributed by atoms with Gasteiger partial charge in [0.2, 0.25) is 0 Å². The van der Waals surface area contributed by atoms with Crippen molar-refractivity contribution < 1.29 is 14.3 Å². The number of ether oxygens (including phenoxy) is 1. The molecule has 1 atom stereocenters. The number of Topliss-reactive ketones (excluding diaryl/α,β-unsaturated/α-hetero) is 1. The van der Waals surface area contributed by atoms with Crippen LogP contribution in [0.25, 0.3) is 0 Å². The lowest BCUT2D eigenvalue weighted by Crippen LogP contribution is -2.26. The van der Waals surface area contributed by atoms with E-state index in [1.54, 1.807) is 0 Å². The van der Waals surface area contributed by atoms with E-state index < -0.39 is 0 Å². The van der Waals surface area contributed by atoms with Gasteiger partial charge in [-0.1, -0.05) is 6.92 Å². The zero-order chi connectivity index (χ0) is 9.84. The fourth-order valence-electron chi connectivity index (χ4n) is 1.84. The molecule has 1 fully saturated rings. The van der Waals surface area contributed by atoms with E-state index in [0.717, 1.165) is 12.8 Å². The summed E-state index contributed by atoms with van der Waals surface area (Å²) in [7, 11) is 1.41. The third-order valence-electron chi connectivity index (χ3n) is 2.87. The summed E-state index contributed by atoms with van der Waals surface area (Å²) >= 11 is 0. The SMILES string of the molecule is COC(=O)[C@@H](C)C1CCC(=O)CC1. The van der Waals surface area contributed by atoms with E-state index >= 15 is 0 Å². The molecule has 0 aromatic heterocycles. The van der Waals surface area contributed by atoms with E-state index in [9.17, 15) is 9.59 Å². The maximum atomic E-state index is 11.2. The minimum atomic E-state index is -0.153. The minimum absolute atomic E-state index is 0.0573. The Balaban J connectivity index is 2.44. The Bertz CT molecular complexity index is 200. The first-order chi connectivity index (χ1) is 6.15. The summed E-state index contributed by atoms with van der Waals surface area (Å²) in [6, 6.07) is 0. The topological polar surface area (TPSA) is 43.4 Å². The van der Waals surface area contributed by atoms with Crippen LogP contribution in [0.1, 0.15) is 32.6 Å². The van der Waals surface area contributed by atoms with Crippen LogP contribution in [0.15, 0.2) is 0 Å². The fourth-order valence-corrected chi connectivity index (χ4v) is 1.84. The normalized spacial score (nSPS) is 21.2. The van der Waals surface area contributed by atoms with Crippen LogP contribution in [0.3, 0.4) is 0 Å². The quantitative estimate of drug-likeness (QED) is 0.611. The Morgan fingerprint density at radius 3 is 2.46 bits per heavy atom. The Kier molecular flexibility index (Phi) is 3.46. The summed E-state index contributed by atoms with van der Waals surface area (Å²) < 4.78 is 4.67. The predicted octanol–water partition coefficient (Wildman–Crippen LogP) is 1.55. The highest BCUT2D eigenvalue weighted by Crippen LogP contribution is 2.28. The zero-order valence-corrected chi connectivity index (χ0v) is 8.21. The summed E-state index contributed by atoms with van der Waals surface area (Å²) in [5.74, 6) is 0.455. The van der Waals surface area contributed by atoms with Crippen molar-refractivity contribution in [1.82, 2.24) is 0 Å². The number of carbonyl (C=O) groups is 2. The van der Waals surface area contributed by atoms with E-state index in [0.29, 0.717) is 24.5 Å². The molecule has 1 aliphatic carbocycles. The van der Waals surface area contributed by atoms with Crippen LogP contribution in [0, 0.1) is 11.8 Å². The highest BCUT2D eigenvalue weighted by molar-refractivity contribution is 5.79. The van der Waals surface area contributed by atoms with Crippen LogP contribution < -0.4 is 0 Å². The first kappa shape index (κ1) is 10.2. The van der Waals surface area contributed by atoms with Crippen LogP contribution >= 0.6 is 0 Å². The first-order valence-electron chi connectivity index (χ1n) is 4.74. The number of rotatable bonds is 2. The number of hydrogen-bond donors (Lipinski definition) is 0. The second-order valence-electron chi connectivity index (χ2n) is 3.69. The van der Waals surface area contributed by atoms with Crippen molar-refractivity contribution in [2.75, 3.05) is 7.11 Å². The van der Waals surface area contributed by atoms with Gasteiger partial charge in [0.05, 0.1) is 13.0 Å². The van der Waals surface area contributed by atoms with Gasteiger partial charge in [0.25, 0.3) is 0 Å². The van der Waals surface area contributed by atoms with Crippen molar-refractivity contribution in [3.05, 3.63) is 0 Å². The van der Waals surface area contributed by atoms with Gasteiger partial charge in [-0.3, -0.25) is 9.59 Å². The summed E-state index contributed by atoms with van der Waals surface area (Å²) in [4.78, 5) is 22.1. The maximum Gasteiger partial charge on any atom is 0.308 e. The van der Waals surface area contributed by atoms with Crippen LogP contribution in [0.5, 0.6) is 0 Å². The van der Waals surface area contributed by atoms with Gasteiger partial charge in [-0.05, 0) is 18.8 Å². The number of ketones is 1. The first-order valence-corrected chi connectivity index (χ1v) is 4.74. The van der Waals surface area contributed by atoms with Gasteiger partial charge in [0.1, 0.15) is 5.78 Å². The largest absolute Gasteiger partial charge is 0.469 e. The van der Waals surface area contributed by atoms with Crippen LogP contribution in [0.4, 0.5) is 0 Å². The lowest BCUT2D eigenvalue weighted by molar-refractivity contribution is -0.147. The number of hydrogen-bond acceptors (Lipinski definition) is 3. The van der Waals surface area contributed by atoms with Gasteiger partial charge in [-0.25, -0.2) is 0 Å². The third-order valence-corrected chi connectivity index (χ3v) is 2.87. The van der Waals surface area contributed by atoms with Gasteiger partial charge < -0.3 is 4.74 Å². The molecule has 0 heterocycles. The van der Waals surface area contributed by atoms with Crippen molar-refractivity contribution in [2.24, 2.45) is 11.8 Å². The second kappa shape index (κ2) is 4.40. The molecule has 13 heavy (non-hydrogen) atoms. The Morgan fingerprint density at radius 1 is 1.46 bits per heavy atom. The van der Waals surface area contributed by atoms with E-state index in [1.807, 2.05) is 6.92 Å². The van der Waals surface area contributed by atoms with Crippen molar-refractivity contribution in [2.45, 2.75) is 32.6 Å². The highest BCUT2D eigenvalue weighted by atomic mass is 16.5. The summed E-state index contributed by atoms with van der Waals surface area (Å²) in [5.41, 5.74) is 0. The Labute approximate surface area is 78.5 Å². The molecule has 1 saturated carbocycles. The van der Waals surface area contributed by atoms with Crippen molar-refractivity contribution in [3.63, 3.8) is 0 Å². The molecule has 0 saturated heterocycles. The van der Waals surface area contributed by atoms with Gasteiger partial charge in [-0.15, -0.1) is 0 Å². The van der Waals surface area contributed by atoms with Gasteiger partial charge in [-0.2, -0.15) is 0 Å². The molecular formula is C10H16O3. The second-order valence-corrected chi connectivity index (χ2v) is 3.69. The average Bonchev–Trinajstić information content (AvgIpc) is 2.17. The molecule has 3 nitrogen and oxygen atoms in total. The smallest absolute Gasteiger partial charge is 0.308 e. The van der Waals surface area contributed by atoms with Crippen LogP contribution in [-0.2, 0) is 14.3 Å². The molecule has 0 amide bonds. The molecule has 0 N–H and O–H groups in total. The van der Waals surface area contributed by atoms with Gasteiger partial charge in [0, 0.05) is 12.8 Å². The van der Waals surface area contributed by atoms with Gasteiger partial charge >= 0.3 is 5.97 Å². The molecular weight excluding hydrogens is 168 g/mol. The van der Waals surface area contributed by atoms with E-state index in [1.165, 1.54) is 7.11 Å². The van der Waals surface area contributed by atoms with Gasteiger partial charge in [0.15, 0.2) is 0 Å². The van der Waals surface area contributed by atoms with Crippen molar-refractivity contribution in [1.29, 1.82) is 0 Å². The van der Waals surface area contributed by atoms with Crippen LogP contribution in [-0.4, -0.2) is 18.9 Å². The third kappa shape index (κ3) is 2.54. The molecule has 74 valence electrons.